The summed E-state index contributed by atoms with van der Waals surface area (Å²) in [4.78, 5) is 20.0. The molecule has 0 aliphatic carbocycles. The fraction of sp³-hybridized carbons (Fsp3) is 0.200. The van der Waals surface area contributed by atoms with Crippen LogP contribution in [-0.2, 0) is 9.59 Å². The summed E-state index contributed by atoms with van der Waals surface area (Å²) in [7, 11) is 0. The lowest BCUT2D eigenvalue weighted by Crippen LogP contribution is -2.08. The molecule has 0 unspecified atom stereocenters. The molecule has 1 amide bonds. The molecule has 0 rings (SSSR count). The van der Waals surface area contributed by atoms with E-state index in [0.717, 1.165) is 18.0 Å². The lowest BCUT2D eigenvalue weighted by atomic mass is 10.7. The molecule has 0 aliphatic rings. The maximum absolute atomic E-state index is 10.2. The molecule has 0 spiro atoms. The molecule has 0 fully saturated rings. The monoisotopic (exact) mass is 161 g/mol. The predicted molar refractivity (Wildman–Crippen MR) is 38.2 cm³/mol. The summed E-state index contributed by atoms with van der Waals surface area (Å²) in [5.74, 6) is -1.24. The molecular formula is C5H7NO3S. The van der Waals surface area contributed by atoms with Gasteiger partial charge < -0.3 is 5.11 Å². The second-order valence-electron chi connectivity index (χ2n) is 1.42. The van der Waals surface area contributed by atoms with Gasteiger partial charge >= 0.3 is 5.97 Å². The summed E-state index contributed by atoms with van der Waals surface area (Å²) in [6, 6.07) is 0. The number of carbonyl (C=O) groups is 2. The van der Waals surface area contributed by atoms with E-state index in [1.165, 1.54) is 12.3 Å². The zero-order valence-electron chi connectivity index (χ0n) is 5.33. The van der Waals surface area contributed by atoms with Crippen molar-refractivity contribution < 1.29 is 14.7 Å². The molecule has 0 radical (unpaired) electrons. The van der Waals surface area contributed by atoms with E-state index in [-0.39, 0.29) is 5.91 Å². The van der Waals surface area contributed by atoms with Gasteiger partial charge in [0.05, 0.1) is 0 Å². The van der Waals surface area contributed by atoms with Gasteiger partial charge in [0.1, 0.15) is 0 Å². The average molecular weight is 161 g/mol. The third-order valence-corrected chi connectivity index (χ3v) is 1.16. The molecule has 0 saturated carbocycles. The van der Waals surface area contributed by atoms with Crippen molar-refractivity contribution >= 4 is 23.8 Å². The van der Waals surface area contributed by atoms with Crippen LogP contribution >= 0.6 is 11.9 Å². The smallest absolute Gasteiger partial charge is 0.328 e. The lowest BCUT2D eigenvalue weighted by molar-refractivity contribution is -0.131. The topological polar surface area (TPSA) is 66.4 Å². The molecule has 0 aromatic heterocycles. The molecule has 0 heterocycles. The van der Waals surface area contributed by atoms with Gasteiger partial charge in [-0.15, -0.1) is 0 Å². The van der Waals surface area contributed by atoms with Crippen molar-refractivity contribution in [3.05, 3.63) is 11.5 Å². The van der Waals surface area contributed by atoms with Crippen LogP contribution in [0.1, 0.15) is 6.92 Å². The van der Waals surface area contributed by atoms with Crippen molar-refractivity contribution in [3.63, 3.8) is 0 Å². The van der Waals surface area contributed by atoms with Gasteiger partial charge in [-0.2, -0.15) is 0 Å². The fourth-order valence-corrected chi connectivity index (χ4v) is 0.628. The minimum atomic E-state index is -1.03. The number of hydrogen-bond donors (Lipinski definition) is 2. The first-order valence-corrected chi connectivity index (χ1v) is 3.32. The number of carboxylic acids is 1. The standard InChI is InChI=1S/C5H7NO3S/c1-4(7)6-10-3-2-5(8)9/h2-3H,1H3,(H,6,7)(H,8,9). The molecule has 2 N–H and O–H groups in total. The van der Waals surface area contributed by atoms with Gasteiger partial charge in [0.15, 0.2) is 0 Å². The van der Waals surface area contributed by atoms with Crippen molar-refractivity contribution in [1.82, 2.24) is 4.72 Å². The number of carboxylic acid groups (broad SMARTS) is 1. The highest BCUT2D eigenvalue weighted by atomic mass is 32.2. The van der Waals surface area contributed by atoms with Gasteiger partial charge in [-0.1, -0.05) is 0 Å². The molecular weight excluding hydrogens is 154 g/mol. The Bertz CT molecular complexity index is 166. The van der Waals surface area contributed by atoms with E-state index in [9.17, 15) is 9.59 Å². The second-order valence-corrected chi connectivity index (χ2v) is 2.13. The Balaban J connectivity index is 3.36. The van der Waals surface area contributed by atoms with Crippen LogP contribution in [0.4, 0.5) is 0 Å². The van der Waals surface area contributed by atoms with Gasteiger partial charge in [-0.3, -0.25) is 9.52 Å². The molecule has 0 bridgehead atoms. The first-order chi connectivity index (χ1) is 4.63. The molecule has 4 nitrogen and oxygen atoms in total. The minimum absolute atomic E-state index is 0.208. The van der Waals surface area contributed by atoms with Crippen LogP contribution in [0.25, 0.3) is 0 Å². The zero-order valence-corrected chi connectivity index (χ0v) is 6.14. The SMILES string of the molecule is CC(=O)NSC=CC(=O)O. The summed E-state index contributed by atoms with van der Waals surface area (Å²) in [5.41, 5.74) is 0. The Morgan fingerprint density at radius 2 is 2.20 bits per heavy atom. The van der Waals surface area contributed by atoms with Crippen molar-refractivity contribution in [1.29, 1.82) is 0 Å². The van der Waals surface area contributed by atoms with Crippen LogP contribution in [0.15, 0.2) is 11.5 Å². The average Bonchev–Trinajstić information content (AvgIpc) is 1.79. The van der Waals surface area contributed by atoms with Crippen LogP contribution in [-0.4, -0.2) is 17.0 Å². The first-order valence-electron chi connectivity index (χ1n) is 2.44. The molecule has 5 heteroatoms. The summed E-state index contributed by atoms with van der Waals surface area (Å²) < 4.78 is 2.33. The molecule has 0 aromatic carbocycles. The maximum atomic E-state index is 10.2. The molecule has 10 heavy (non-hydrogen) atoms. The Labute approximate surface area is 62.4 Å². The van der Waals surface area contributed by atoms with E-state index in [4.69, 9.17) is 5.11 Å². The Kier molecular flexibility index (Phi) is 4.39. The van der Waals surface area contributed by atoms with Crippen LogP contribution in [0.3, 0.4) is 0 Å². The third kappa shape index (κ3) is 7.03. The number of carbonyl (C=O) groups excluding carboxylic acids is 1. The summed E-state index contributed by atoms with van der Waals surface area (Å²) >= 11 is 0.929. The van der Waals surface area contributed by atoms with Gasteiger partial charge in [0.25, 0.3) is 0 Å². The van der Waals surface area contributed by atoms with Gasteiger partial charge in [0.2, 0.25) is 5.91 Å². The highest BCUT2D eigenvalue weighted by molar-refractivity contribution is 8.00. The summed E-state index contributed by atoms with van der Waals surface area (Å²) in [6.07, 6.45) is 0.945. The maximum Gasteiger partial charge on any atom is 0.328 e. The minimum Gasteiger partial charge on any atom is -0.478 e. The first kappa shape index (κ1) is 9.03. The van der Waals surface area contributed by atoms with Crippen LogP contribution in [0, 0.1) is 0 Å². The van der Waals surface area contributed by atoms with E-state index < -0.39 is 5.97 Å². The Morgan fingerprint density at radius 1 is 1.60 bits per heavy atom. The highest BCUT2D eigenvalue weighted by Crippen LogP contribution is 1.93. The Hall–Kier alpha value is -0.970. The van der Waals surface area contributed by atoms with E-state index in [1.807, 2.05) is 0 Å². The van der Waals surface area contributed by atoms with Crippen molar-refractivity contribution in [2.75, 3.05) is 0 Å². The zero-order chi connectivity index (χ0) is 7.98. The number of nitrogens with one attached hydrogen (secondary N) is 1. The highest BCUT2D eigenvalue weighted by Gasteiger charge is 1.87. The van der Waals surface area contributed by atoms with Gasteiger partial charge in [-0.05, 0) is 17.4 Å². The molecule has 0 atom stereocenters. The fourth-order valence-electron chi connectivity index (χ4n) is 0.209. The van der Waals surface area contributed by atoms with Crippen molar-refractivity contribution in [2.45, 2.75) is 6.92 Å². The molecule has 0 saturated heterocycles. The van der Waals surface area contributed by atoms with Crippen molar-refractivity contribution in [3.8, 4) is 0 Å². The summed E-state index contributed by atoms with van der Waals surface area (Å²) in [5, 5.41) is 9.35. The van der Waals surface area contributed by atoms with Crippen LogP contribution in [0.2, 0.25) is 0 Å². The van der Waals surface area contributed by atoms with E-state index in [2.05, 4.69) is 4.72 Å². The van der Waals surface area contributed by atoms with Crippen molar-refractivity contribution in [2.24, 2.45) is 0 Å². The number of hydrogen-bond acceptors (Lipinski definition) is 3. The van der Waals surface area contributed by atoms with Crippen LogP contribution < -0.4 is 4.72 Å². The van der Waals surface area contributed by atoms with Gasteiger partial charge in [-0.25, -0.2) is 4.79 Å². The van der Waals surface area contributed by atoms with Gasteiger partial charge in [0, 0.05) is 13.0 Å². The predicted octanol–water partition coefficient (Wildman–Crippen LogP) is 0.369. The second kappa shape index (κ2) is 4.87. The third-order valence-electron chi connectivity index (χ3n) is 0.481. The molecule has 56 valence electrons. The summed E-state index contributed by atoms with van der Waals surface area (Å²) in [6.45, 7) is 1.35. The molecule has 0 aliphatic heterocycles. The molecule has 0 aromatic rings. The number of rotatable bonds is 3. The quantitative estimate of drug-likeness (QED) is 0.463. The largest absolute Gasteiger partial charge is 0.478 e. The number of aliphatic carboxylic acids is 1. The van der Waals surface area contributed by atoms with E-state index in [1.54, 1.807) is 0 Å². The lowest BCUT2D eigenvalue weighted by Gasteiger charge is -1.90. The Morgan fingerprint density at radius 3 is 2.60 bits per heavy atom. The van der Waals surface area contributed by atoms with E-state index in [0.29, 0.717) is 0 Å². The van der Waals surface area contributed by atoms with E-state index >= 15 is 0 Å². The normalized spacial score (nSPS) is 9.70. The number of amides is 1. The van der Waals surface area contributed by atoms with Crippen LogP contribution in [0.5, 0.6) is 0 Å².